The molecule has 0 radical (unpaired) electrons. The number of hydrogen-bond acceptors (Lipinski definition) is 2. The molecule has 0 saturated heterocycles. The van der Waals surface area contributed by atoms with E-state index in [0.717, 1.165) is 19.8 Å². The third-order valence-corrected chi connectivity index (χ3v) is 2.88. The Bertz CT molecular complexity index is 272. The molecule has 1 aliphatic rings. The normalized spacial score (nSPS) is 20.4. The molecule has 1 rings (SSSR count). The molecule has 3 nitrogen and oxygen atoms in total. The minimum atomic E-state index is -4.71. The Morgan fingerprint density at radius 1 is 1.44 bits per heavy atom. The molecule has 16 heavy (non-hydrogen) atoms. The van der Waals surface area contributed by atoms with Gasteiger partial charge in [0, 0.05) is 13.1 Å². The molecule has 1 aliphatic carbocycles. The smallest absolute Gasteiger partial charge is 0.341 e. The van der Waals surface area contributed by atoms with Gasteiger partial charge in [-0.05, 0) is 32.6 Å². The highest BCUT2D eigenvalue weighted by atomic mass is 19.4. The molecule has 94 valence electrons. The van der Waals surface area contributed by atoms with Gasteiger partial charge < -0.3 is 10.6 Å². The summed E-state index contributed by atoms with van der Waals surface area (Å²) in [7, 11) is 0. The molecule has 0 aromatic rings. The number of nitrogens with zero attached hydrogens (tertiary/aromatic N) is 1. The van der Waals surface area contributed by atoms with Crippen molar-refractivity contribution in [3.8, 4) is 0 Å². The highest BCUT2D eigenvalue weighted by Crippen LogP contribution is 2.33. The lowest BCUT2D eigenvalue weighted by atomic mass is 10.0. The van der Waals surface area contributed by atoms with Crippen LogP contribution in [0.5, 0.6) is 0 Å². The number of likely N-dealkylation sites (N-methyl/N-ethyl adjacent to an activating group) is 1. The molecule has 0 heterocycles. The summed E-state index contributed by atoms with van der Waals surface area (Å²) in [5.74, 6) is -0.678. The summed E-state index contributed by atoms with van der Waals surface area (Å²) in [5, 5.41) is 0. The maximum absolute atomic E-state index is 12.6. The van der Waals surface area contributed by atoms with Crippen molar-refractivity contribution in [1.82, 2.24) is 4.90 Å². The quantitative estimate of drug-likeness (QED) is 0.807. The Balaban J connectivity index is 2.72. The number of alkyl halides is 3. The lowest BCUT2D eigenvalue weighted by molar-refractivity contribution is -0.193. The Morgan fingerprint density at radius 2 is 1.94 bits per heavy atom. The molecule has 0 aromatic heterocycles. The van der Waals surface area contributed by atoms with E-state index >= 15 is 0 Å². The first-order chi connectivity index (χ1) is 7.20. The highest BCUT2D eigenvalue weighted by Gasteiger charge is 2.55. The van der Waals surface area contributed by atoms with Crippen LogP contribution in [0.4, 0.5) is 13.2 Å². The van der Waals surface area contributed by atoms with Crippen LogP contribution in [0, 0.1) is 5.92 Å². The summed E-state index contributed by atoms with van der Waals surface area (Å²) in [4.78, 5) is 12.9. The average Bonchev–Trinajstić information content (AvgIpc) is 2.94. The standard InChI is InChI=1S/C10H17F3N2O/c1-3-15(6-7-4-5-7)8(16)9(2,14)10(11,12)13/h7H,3-6,14H2,1-2H3. The van der Waals surface area contributed by atoms with Gasteiger partial charge >= 0.3 is 6.18 Å². The predicted molar refractivity (Wildman–Crippen MR) is 53.6 cm³/mol. The fraction of sp³-hybridized carbons (Fsp3) is 0.900. The van der Waals surface area contributed by atoms with Crippen LogP contribution in [0.25, 0.3) is 0 Å². The minimum absolute atomic E-state index is 0.262. The predicted octanol–water partition coefficient (Wildman–Crippen LogP) is 1.52. The van der Waals surface area contributed by atoms with Crippen molar-refractivity contribution in [1.29, 1.82) is 0 Å². The molecule has 1 amide bonds. The summed E-state index contributed by atoms with van der Waals surface area (Å²) in [6.45, 7) is 3.04. The van der Waals surface area contributed by atoms with Crippen molar-refractivity contribution in [2.45, 2.75) is 38.4 Å². The van der Waals surface area contributed by atoms with Gasteiger partial charge in [0.25, 0.3) is 5.91 Å². The zero-order valence-electron chi connectivity index (χ0n) is 9.47. The summed E-state index contributed by atoms with van der Waals surface area (Å²) in [6.07, 6.45) is -2.74. The fourth-order valence-electron chi connectivity index (χ4n) is 1.42. The van der Waals surface area contributed by atoms with E-state index in [1.165, 1.54) is 4.90 Å². The van der Waals surface area contributed by atoms with E-state index < -0.39 is 17.6 Å². The number of amides is 1. The zero-order chi connectivity index (χ0) is 12.6. The molecule has 1 saturated carbocycles. The molecule has 0 aliphatic heterocycles. The second-order valence-electron chi connectivity index (χ2n) is 4.49. The first-order valence-corrected chi connectivity index (χ1v) is 5.35. The molecular formula is C10H17F3N2O. The Hall–Kier alpha value is -0.780. The van der Waals surface area contributed by atoms with Crippen LogP contribution in [0.2, 0.25) is 0 Å². The number of carbonyl (C=O) groups excluding carboxylic acids is 1. The topological polar surface area (TPSA) is 46.3 Å². The summed E-state index contributed by atoms with van der Waals surface area (Å²) in [6, 6.07) is 0. The van der Waals surface area contributed by atoms with E-state index in [0.29, 0.717) is 12.5 Å². The third-order valence-electron chi connectivity index (χ3n) is 2.88. The van der Waals surface area contributed by atoms with Gasteiger partial charge in [-0.15, -0.1) is 0 Å². The summed E-state index contributed by atoms with van der Waals surface area (Å²) in [5.41, 5.74) is 2.31. The van der Waals surface area contributed by atoms with E-state index in [-0.39, 0.29) is 6.54 Å². The maximum Gasteiger partial charge on any atom is 0.415 e. The monoisotopic (exact) mass is 238 g/mol. The van der Waals surface area contributed by atoms with Gasteiger partial charge in [-0.1, -0.05) is 0 Å². The van der Waals surface area contributed by atoms with E-state index in [1.807, 2.05) is 0 Å². The van der Waals surface area contributed by atoms with Crippen LogP contribution < -0.4 is 5.73 Å². The molecule has 0 bridgehead atoms. The van der Waals surface area contributed by atoms with Gasteiger partial charge in [-0.2, -0.15) is 13.2 Å². The van der Waals surface area contributed by atoms with Crippen molar-refractivity contribution in [3.63, 3.8) is 0 Å². The van der Waals surface area contributed by atoms with Crippen LogP contribution in [-0.2, 0) is 4.79 Å². The van der Waals surface area contributed by atoms with Crippen molar-refractivity contribution >= 4 is 5.91 Å². The van der Waals surface area contributed by atoms with Crippen LogP contribution in [0.1, 0.15) is 26.7 Å². The summed E-state index contributed by atoms with van der Waals surface area (Å²) >= 11 is 0. The molecule has 2 N–H and O–H groups in total. The maximum atomic E-state index is 12.6. The number of halogens is 3. The average molecular weight is 238 g/mol. The van der Waals surface area contributed by atoms with Gasteiger partial charge in [0.15, 0.2) is 5.54 Å². The van der Waals surface area contributed by atoms with Crippen molar-refractivity contribution in [2.75, 3.05) is 13.1 Å². The first-order valence-electron chi connectivity index (χ1n) is 5.35. The highest BCUT2D eigenvalue weighted by molar-refractivity contribution is 5.86. The van der Waals surface area contributed by atoms with E-state index in [4.69, 9.17) is 5.73 Å². The van der Waals surface area contributed by atoms with E-state index in [1.54, 1.807) is 6.92 Å². The molecule has 1 unspecified atom stereocenters. The van der Waals surface area contributed by atoms with Gasteiger partial charge in [0.05, 0.1) is 0 Å². The van der Waals surface area contributed by atoms with Gasteiger partial charge in [0.2, 0.25) is 0 Å². The van der Waals surface area contributed by atoms with E-state index in [2.05, 4.69) is 0 Å². The molecule has 0 aromatic carbocycles. The number of rotatable bonds is 4. The lowest BCUT2D eigenvalue weighted by Gasteiger charge is -2.32. The molecule has 1 atom stereocenters. The number of nitrogens with two attached hydrogens (primary N) is 1. The Kier molecular flexibility index (Phi) is 3.52. The van der Waals surface area contributed by atoms with Crippen LogP contribution in [-0.4, -0.2) is 35.6 Å². The van der Waals surface area contributed by atoms with Crippen molar-refractivity contribution < 1.29 is 18.0 Å². The first kappa shape index (κ1) is 13.3. The zero-order valence-corrected chi connectivity index (χ0v) is 9.47. The second-order valence-corrected chi connectivity index (χ2v) is 4.49. The van der Waals surface area contributed by atoms with Crippen molar-refractivity contribution in [3.05, 3.63) is 0 Å². The van der Waals surface area contributed by atoms with Gasteiger partial charge in [-0.3, -0.25) is 4.79 Å². The summed E-state index contributed by atoms with van der Waals surface area (Å²) < 4.78 is 37.7. The second kappa shape index (κ2) is 4.24. The largest absolute Gasteiger partial charge is 0.415 e. The number of hydrogen-bond donors (Lipinski definition) is 1. The molecule has 0 spiro atoms. The molecular weight excluding hydrogens is 221 g/mol. The fourth-order valence-corrected chi connectivity index (χ4v) is 1.42. The third kappa shape index (κ3) is 2.66. The van der Waals surface area contributed by atoms with E-state index in [9.17, 15) is 18.0 Å². The van der Waals surface area contributed by atoms with Crippen LogP contribution >= 0.6 is 0 Å². The molecule has 1 fully saturated rings. The SMILES string of the molecule is CCN(CC1CC1)C(=O)C(C)(N)C(F)(F)F. The lowest BCUT2D eigenvalue weighted by Crippen LogP contribution is -2.62. The van der Waals surface area contributed by atoms with Gasteiger partial charge in [-0.25, -0.2) is 0 Å². The molecule has 6 heteroatoms. The van der Waals surface area contributed by atoms with Crippen LogP contribution in [0.3, 0.4) is 0 Å². The van der Waals surface area contributed by atoms with Crippen molar-refractivity contribution in [2.24, 2.45) is 11.7 Å². The number of carbonyl (C=O) groups is 1. The minimum Gasteiger partial charge on any atom is -0.341 e. The van der Waals surface area contributed by atoms with Crippen LogP contribution in [0.15, 0.2) is 0 Å². The Labute approximate surface area is 92.8 Å². The Morgan fingerprint density at radius 3 is 2.25 bits per heavy atom. The van der Waals surface area contributed by atoms with Gasteiger partial charge in [0.1, 0.15) is 0 Å².